The number of aromatic nitrogens is 3. The third-order valence-corrected chi connectivity index (χ3v) is 11.8. The molecule has 9 nitrogen and oxygen atoms in total. The van der Waals surface area contributed by atoms with E-state index in [2.05, 4.69) is 4.98 Å². The molecule has 0 spiro atoms. The summed E-state index contributed by atoms with van der Waals surface area (Å²) in [4.78, 5) is 35.4. The van der Waals surface area contributed by atoms with Crippen LogP contribution in [0.3, 0.4) is 0 Å². The molecule has 0 unspecified atom stereocenters. The second-order valence-corrected chi connectivity index (χ2v) is 14.6. The molecule has 1 aliphatic carbocycles. The summed E-state index contributed by atoms with van der Waals surface area (Å²) in [6.45, 7) is 6.33. The van der Waals surface area contributed by atoms with Crippen LogP contribution in [0.4, 0.5) is 13.2 Å². The van der Waals surface area contributed by atoms with E-state index in [9.17, 15) is 27.9 Å². The number of thiazole rings is 1. The normalized spacial score (nSPS) is 16.5. The summed E-state index contributed by atoms with van der Waals surface area (Å²) in [7, 11) is 0. The van der Waals surface area contributed by atoms with Crippen LogP contribution in [-0.2, 0) is 22.3 Å². The molecule has 49 heavy (non-hydrogen) atoms. The SMILES string of the molecule is CCN(C(=O)Cn1c(-c2ccc3nc(-c4sc(C(F)(F)F)nc4C)ccc3c2)c(C2CCCCC2)c2sc(C(=O)O)cc21)N1CCOCC1. The number of ether oxygens (including phenoxy) is 1. The number of carboxylic acids is 1. The summed E-state index contributed by atoms with van der Waals surface area (Å²) in [6.07, 6.45) is 0.721. The smallest absolute Gasteiger partial charge is 0.443 e. The molecule has 1 saturated heterocycles. The quantitative estimate of drug-likeness (QED) is 0.173. The number of hydrogen-bond acceptors (Lipinski definition) is 8. The Kier molecular flexibility index (Phi) is 9.24. The van der Waals surface area contributed by atoms with Crippen molar-refractivity contribution in [1.82, 2.24) is 24.6 Å². The van der Waals surface area contributed by atoms with Gasteiger partial charge in [0.15, 0.2) is 5.01 Å². The average molecular weight is 712 g/mol. The van der Waals surface area contributed by atoms with Gasteiger partial charge in [-0.1, -0.05) is 31.4 Å². The lowest BCUT2D eigenvalue weighted by atomic mass is 9.83. The first kappa shape index (κ1) is 33.6. The van der Waals surface area contributed by atoms with Crippen molar-refractivity contribution in [3.63, 3.8) is 0 Å². The zero-order valence-electron chi connectivity index (χ0n) is 27.2. The highest BCUT2D eigenvalue weighted by molar-refractivity contribution is 7.21. The Bertz CT molecular complexity index is 2040. The van der Waals surface area contributed by atoms with Gasteiger partial charge in [-0.3, -0.25) is 9.80 Å². The molecular formula is C35H36F3N5O4S2. The van der Waals surface area contributed by atoms with Crippen LogP contribution in [0.5, 0.6) is 0 Å². The Morgan fingerprint density at radius 2 is 1.80 bits per heavy atom. The Hall–Kier alpha value is -3.85. The molecule has 0 radical (unpaired) electrons. The molecule has 1 N–H and O–H groups in total. The topological polar surface area (TPSA) is 101 Å². The average Bonchev–Trinajstić information content (AvgIpc) is 3.78. The highest BCUT2D eigenvalue weighted by atomic mass is 32.1. The van der Waals surface area contributed by atoms with Crippen LogP contribution in [-0.4, -0.2) is 74.4 Å². The molecular weight excluding hydrogens is 676 g/mol. The van der Waals surface area contributed by atoms with E-state index in [0.717, 1.165) is 64.5 Å². The first-order chi connectivity index (χ1) is 23.5. The number of likely N-dealkylation sites (N-methyl/N-ethyl adjacent to an activating group) is 1. The van der Waals surface area contributed by atoms with Crippen LogP contribution < -0.4 is 0 Å². The van der Waals surface area contributed by atoms with Crippen LogP contribution in [0.15, 0.2) is 36.4 Å². The van der Waals surface area contributed by atoms with Gasteiger partial charge in [-0.2, -0.15) is 13.2 Å². The summed E-state index contributed by atoms with van der Waals surface area (Å²) < 4.78 is 48.5. The van der Waals surface area contributed by atoms with E-state index in [1.54, 1.807) is 24.1 Å². The highest BCUT2D eigenvalue weighted by Crippen LogP contribution is 2.47. The summed E-state index contributed by atoms with van der Waals surface area (Å²) in [5.41, 5.74) is 4.91. The number of alkyl halides is 3. The minimum absolute atomic E-state index is 0.0287. The van der Waals surface area contributed by atoms with E-state index < -0.39 is 17.2 Å². The number of thiophene rings is 1. The lowest BCUT2D eigenvalue weighted by Crippen LogP contribution is -2.52. The fourth-order valence-corrected chi connectivity index (χ4v) is 9.23. The van der Waals surface area contributed by atoms with E-state index in [1.165, 1.54) is 11.3 Å². The number of benzene rings is 1. The first-order valence-electron chi connectivity index (χ1n) is 16.5. The summed E-state index contributed by atoms with van der Waals surface area (Å²) in [6, 6.07) is 11.1. The van der Waals surface area contributed by atoms with Gasteiger partial charge in [0.25, 0.3) is 5.91 Å². The number of fused-ring (bicyclic) bond motifs is 2. The van der Waals surface area contributed by atoms with E-state index in [4.69, 9.17) is 9.72 Å². The fourth-order valence-electron chi connectivity index (χ4n) is 7.20. The Morgan fingerprint density at radius 1 is 1.04 bits per heavy atom. The number of carboxylic acid groups (broad SMARTS) is 1. The molecule has 1 saturated carbocycles. The molecule has 1 amide bonds. The number of carbonyl (C=O) groups is 2. The van der Waals surface area contributed by atoms with Crippen molar-refractivity contribution in [1.29, 1.82) is 0 Å². The molecule has 2 aliphatic rings. The number of hydrazine groups is 1. The summed E-state index contributed by atoms with van der Waals surface area (Å²) in [5, 5.41) is 13.7. The molecule has 0 bridgehead atoms. The van der Waals surface area contributed by atoms with E-state index >= 15 is 0 Å². The number of hydrogen-bond donors (Lipinski definition) is 1. The largest absolute Gasteiger partial charge is 0.477 e. The zero-order valence-corrected chi connectivity index (χ0v) is 28.8. The Morgan fingerprint density at radius 3 is 2.47 bits per heavy atom. The maximum absolute atomic E-state index is 14.1. The molecule has 258 valence electrons. The molecule has 4 aromatic heterocycles. The van der Waals surface area contributed by atoms with Crippen LogP contribution in [0, 0.1) is 6.92 Å². The predicted molar refractivity (Wildman–Crippen MR) is 184 cm³/mol. The zero-order chi connectivity index (χ0) is 34.4. The lowest BCUT2D eigenvalue weighted by Gasteiger charge is -2.36. The van der Waals surface area contributed by atoms with E-state index in [0.29, 0.717) is 60.3 Å². The van der Waals surface area contributed by atoms with Gasteiger partial charge in [0, 0.05) is 25.0 Å². The molecule has 5 aromatic rings. The van der Waals surface area contributed by atoms with Gasteiger partial charge >= 0.3 is 12.1 Å². The van der Waals surface area contributed by atoms with E-state index in [-0.39, 0.29) is 28.9 Å². The van der Waals surface area contributed by atoms with Crippen molar-refractivity contribution < 1.29 is 32.6 Å². The highest BCUT2D eigenvalue weighted by Gasteiger charge is 2.36. The Balaban J connectivity index is 1.36. The van der Waals surface area contributed by atoms with Gasteiger partial charge in [0.05, 0.1) is 50.9 Å². The maximum Gasteiger partial charge on any atom is 0.443 e. The third kappa shape index (κ3) is 6.46. The standard InChI is InChI=1S/C35H36F3N5O4S2/c1-3-43(41-13-15-47-16-14-41)28(44)19-42-26-18-27(33(45)46)48-32(26)29(21-7-5-4-6-8-21)30(42)23-10-11-24-22(17-23)9-12-25(40-24)31-20(2)39-34(49-31)35(36,37)38/h9-12,17-18,21H,3-8,13-16,19H2,1-2H3,(H,45,46). The Labute approximate surface area is 288 Å². The van der Waals surface area contributed by atoms with Crippen molar-refractivity contribution >= 4 is 55.7 Å². The molecule has 1 aliphatic heterocycles. The molecule has 0 atom stereocenters. The van der Waals surface area contributed by atoms with Crippen LogP contribution in [0.1, 0.15) is 70.9 Å². The second kappa shape index (κ2) is 13.5. The second-order valence-electron chi connectivity index (χ2n) is 12.5. The number of nitrogens with zero attached hydrogens (tertiary/aromatic N) is 5. The van der Waals surface area contributed by atoms with Gasteiger partial charge in [-0.05, 0) is 68.0 Å². The van der Waals surface area contributed by atoms with E-state index in [1.807, 2.05) is 40.8 Å². The predicted octanol–water partition coefficient (Wildman–Crippen LogP) is 8.21. The lowest BCUT2D eigenvalue weighted by molar-refractivity contribution is -0.156. The maximum atomic E-state index is 14.1. The number of carbonyl (C=O) groups excluding carboxylic acids is 1. The number of aryl methyl sites for hydroxylation is 1. The third-order valence-electron chi connectivity index (χ3n) is 9.44. The fraction of sp³-hybridized carbons (Fsp3) is 0.429. The van der Waals surface area contributed by atoms with Crippen LogP contribution in [0.2, 0.25) is 0 Å². The number of pyridine rings is 1. The molecule has 14 heteroatoms. The molecule has 2 fully saturated rings. The van der Waals surface area contributed by atoms with Gasteiger partial charge in [-0.25, -0.2) is 19.8 Å². The van der Waals surface area contributed by atoms with Gasteiger partial charge in [0.2, 0.25) is 0 Å². The van der Waals surface area contributed by atoms with Gasteiger partial charge in [0.1, 0.15) is 11.4 Å². The van der Waals surface area contributed by atoms with Crippen molar-refractivity contribution in [3.05, 3.63) is 57.5 Å². The number of morpholine rings is 1. The first-order valence-corrected chi connectivity index (χ1v) is 18.1. The number of halogens is 3. The monoisotopic (exact) mass is 711 g/mol. The van der Waals surface area contributed by atoms with Crippen LogP contribution >= 0.6 is 22.7 Å². The number of aromatic carboxylic acids is 1. The minimum atomic E-state index is -4.53. The summed E-state index contributed by atoms with van der Waals surface area (Å²) in [5.74, 6) is -0.881. The molecule has 1 aromatic carbocycles. The minimum Gasteiger partial charge on any atom is -0.477 e. The summed E-state index contributed by atoms with van der Waals surface area (Å²) >= 11 is 1.85. The number of amides is 1. The molecule has 5 heterocycles. The van der Waals surface area contributed by atoms with Gasteiger partial charge < -0.3 is 14.4 Å². The van der Waals surface area contributed by atoms with Crippen molar-refractivity contribution in [3.8, 4) is 21.8 Å². The van der Waals surface area contributed by atoms with Crippen molar-refractivity contribution in [2.24, 2.45) is 0 Å². The van der Waals surface area contributed by atoms with Crippen molar-refractivity contribution in [2.45, 2.75) is 64.6 Å². The van der Waals surface area contributed by atoms with Gasteiger partial charge in [-0.15, -0.1) is 22.7 Å². The number of rotatable bonds is 8. The molecule has 7 rings (SSSR count). The van der Waals surface area contributed by atoms with Crippen LogP contribution in [0.25, 0.3) is 42.9 Å². The van der Waals surface area contributed by atoms with Crippen molar-refractivity contribution in [2.75, 3.05) is 32.8 Å².